The summed E-state index contributed by atoms with van der Waals surface area (Å²) in [6, 6.07) is 0. The molecule has 0 amide bonds. The van der Waals surface area contributed by atoms with Crippen LogP contribution >= 0.6 is 48.0 Å². The average molecular weight is 170 g/mol. The molecule has 0 spiro atoms. The number of halogens is 4. The van der Waals surface area contributed by atoms with Gasteiger partial charge in [-0.05, 0) is 0 Å². The molecule has 0 radical (unpaired) electrons. The fourth-order valence-electron chi connectivity index (χ4n) is 0. The summed E-state index contributed by atoms with van der Waals surface area (Å²) in [7, 11) is 0. The van der Waals surface area contributed by atoms with Crippen molar-refractivity contribution in [2.75, 3.05) is 0 Å². The SMILES string of the molecule is C=C(Cl)Cl.Cl.Cl. The van der Waals surface area contributed by atoms with Gasteiger partial charge in [-0.15, -0.1) is 24.8 Å². The van der Waals surface area contributed by atoms with Crippen molar-refractivity contribution in [3.05, 3.63) is 11.1 Å². The van der Waals surface area contributed by atoms with Crippen LogP contribution in [0.5, 0.6) is 0 Å². The standard InChI is InChI=1S/C2H2Cl2.2ClH/c1-2(3)4;;/h1H2;2*1H. The van der Waals surface area contributed by atoms with Gasteiger partial charge < -0.3 is 0 Å². The molecule has 0 aliphatic rings. The zero-order valence-corrected chi connectivity index (χ0v) is 5.92. The lowest BCUT2D eigenvalue weighted by molar-refractivity contribution is 2.45. The van der Waals surface area contributed by atoms with Gasteiger partial charge in [0.25, 0.3) is 0 Å². The molecular formula is C2H4Cl4. The minimum Gasteiger partial charge on any atom is -0.147 e. The molecule has 0 bridgehead atoms. The first-order valence-corrected chi connectivity index (χ1v) is 1.49. The van der Waals surface area contributed by atoms with Crippen LogP contribution in [0.2, 0.25) is 0 Å². The van der Waals surface area contributed by atoms with Crippen molar-refractivity contribution >= 4 is 48.0 Å². The Morgan fingerprint density at radius 3 is 1.17 bits per heavy atom. The molecular weight excluding hydrogens is 166 g/mol. The lowest BCUT2D eigenvalue weighted by Gasteiger charge is -1.57. The molecule has 0 saturated carbocycles. The van der Waals surface area contributed by atoms with Crippen LogP contribution in [0, 0.1) is 0 Å². The Bertz CT molecular complexity index is 28.5. The molecule has 0 heterocycles. The summed E-state index contributed by atoms with van der Waals surface area (Å²) in [5.74, 6) is 0. The van der Waals surface area contributed by atoms with E-state index in [1.807, 2.05) is 0 Å². The van der Waals surface area contributed by atoms with E-state index in [2.05, 4.69) is 6.58 Å². The quantitative estimate of drug-likeness (QED) is 0.524. The van der Waals surface area contributed by atoms with Crippen molar-refractivity contribution in [1.29, 1.82) is 0 Å². The Balaban J connectivity index is -0.0000000450. The second-order valence-electron chi connectivity index (χ2n) is 0.339. The van der Waals surface area contributed by atoms with Gasteiger partial charge in [0.2, 0.25) is 0 Å². The largest absolute Gasteiger partial charge is 0.147 e. The molecule has 0 unspecified atom stereocenters. The summed E-state index contributed by atoms with van der Waals surface area (Å²) >= 11 is 9.69. The lowest BCUT2D eigenvalue weighted by Crippen LogP contribution is -1.24. The molecule has 4 heteroatoms. The highest BCUT2D eigenvalue weighted by Gasteiger charge is 1.60. The highest BCUT2D eigenvalue weighted by atomic mass is 35.5. The third-order valence-electron chi connectivity index (χ3n) is 0. The molecule has 0 aromatic rings. The minimum absolute atomic E-state index is 0. The summed E-state index contributed by atoms with van der Waals surface area (Å²) in [5, 5.41) is 0. The highest BCUT2D eigenvalue weighted by Crippen LogP contribution is 1.98. The molecule has 0 aromatic heterocycles. The number of rotatable bonds is 0. The van der Waals surface area contributed by atoms with Crippen molar-refractivity contribution in [1.82, 2.24) is 0 Å². The highest BCUT2D eigenvalue weighted by molar-refractivity contribution is 6.55. The van der Waals surface area contributed by atoms with Gasteiger partial charge in [0, 0.05) is 0 Å². The van der Waals surface area contributed by atoms with E-state index < -0.39 is 0 Å². The molecule has 40 valence electrons. The van der Waals surface area contributed by atoms with Crippen molar-refractivity contribution in [2.24, 2.45) is 0 Å². The number of hydrogen-bond acceptors (Lipinski definition) is 0. The fraction of sp³-hybridized carbons (Fsp3) is 0. The van der Waals surface area contributed by atoms with Crippen LogP contribution in [0.4, 0.5) is 0 Å². The monoisotopic (exact) mass is 168 g/mol. The average Bonchev–Trinajstić information content (AvgIpc) is 0.811. The third-order valence-corrected chi connectivity index (χ3v) is 0. The fourth-order valence-corrected chi connectivity index (χ4v) is 0. The summed E-state index contributed by atoms with van der Waals surface area (Å²) < 4.78 is 0.111. The molecule has 0 atom stereocenters. The molecule has 0 saturated heterocycles. The van der Waals surface area contributed by atoms with E-state index in [1.54, 1.807) is 0 Å². The number of hydrogen-bond donors (Lipinski definition) is 0. The second-order valence-corrected chi connectivity index (χ2v) is 1.44. The van der Waals surface area contributed by atoms with E-state index >= 15 is 0 Å². The van der Waals surface area contributed by atoms with Gasteiger partial charge in [-0.3, -0.25) is 0 Å². The van der Waals surface area contributed by atoms with Gasteiger partial charge in [-0.1, -0.05) is 29.8 Å². The maximum Gasteiger partial charge on any atom is 0.0992 e. The molecule has 6 heavy (non-hydrogen) atoms. The zero-order valence-electron chi connectivity index (χ0n) is 2.78. The maximum absolute atomic E-state index is 4.85. The Labute approximate surface area is 59.3 Å². The molecule has 0 aliphatic heterocycles. The normalized spacial score (nSPS) is 4.33. The minimum atomic E-state index is 0. The predicted octanol–water partition coefficient (Wildman–Crippen LogP) is 2.78. The van der Waals surface area contributed by atoms with E-state index in [1.165, 1.54) is 0 Å². The van der Waals surface area contributed by atoms with E-state index in [-0.39, 0.29) is 29.3 Å². The van der Waals surface area contributed by atoms with Crippen molar-refractivity contribution in [3.63, 3.8) is 0 Å². The molecule has 0 aliphatic carbocycles. The van der Waals surface area contributed by atoms with E-state index in [9.17, 15) is 0 Å². The molecule has 0 fully saturated rings. The molecule has 0 rings (SSSR count). The van der Waals surface area contributed by atoms with Crippen molar-refractivity contribution in [3.8, 4) is 0 Å². The van der Waals surface area contributed by atoms with Gasteiger partial charge in [0.15, 0.2) is 0 Å². The van der Waals surface area contributed by atoms with Crippen LogP contribution in [0.1, 0.15) is 0 Å². The first-order chi connectivity index (χ1) is 1.73. The molecule has 0 aromatic carbocycles. The Hall–Kier alpha value is 0.900. The zero-order chi connectivity index (χ0) is 3.58. The molecule has 0 N–H and O–H groups in total. The van der Waals surface area contributed by atoms with Gasteiger partial charge in [0.05, 0.1) is 4.49 Å². The first-order valence-electron chi connectivity index (χ1n) is 0.732. The third kappa shape index (κ3) is 92.0. The predicted molar refractivity (Wildman–Crippen MR) is 35.3 cm³/mol. The van der Waals surface area contributed by atoms with Gasteiger partial charge >= 0.3 is 0 Å². The second kappa shape index (κ2) is 9.31. The van der Waals surface area contributed by atoms with Crippen molar-refractivity contribution < 1.29 is 0 Å². The van der Waals surface area contributed by atoms with Gasteiger partial charge in [-0.2, -0.15) is 0 Å². The smallest absolute Gasteiger partial charge is 0.0992 e. The Morgan fingerprint density at radius 2 is 1.17 bits per heavy atom. The van der Waals surface area contributed by atoms with E-state index in [4.69, 9.17) is 23.2 Å². The van der Waals surface area contributed by atoms with Crippen LogP contribution < -0.4 is 0 Å². The topological polar surface area (TPSA) is 0 Å². The van der Waals surface area contributed by atoms with Crippen LogP contribution in [0.15, 0.2) is 11.1 Å². The summed E-state index contributed by atoms with van der Waals surface area (Å²) in [6.45, 7) is 3.09. The van der Waals surface area contributed by atoms with E-state index in [0.29, 0.717) is 0 Å². The first kappa shape index (κ1) is 15.8. The molecule has 0 nitrogen and oxygen atoms in total. The van der Waals surface area contributed by atoms with Crippen LogP contribution in [0.25, 0.3) is 0 Å². The van der Waals surface area contributed by atoms with Gasteiger partial charge in [-0.25, -0.2) is 0 Å². The van der Waals surface area contributed by atoms with Gasteiger partial charge in [0.1, 0.15) is 0 Å². The summed E-state index contributed by atoms with van der Waals surface area (Å²) in [4.78, 5) is 0. The van der Waals surface area contributed by atoms with Crippen LogP contribution in [-0.2, 0) is 0 Å². The summed E-state index contributed by atoms with van der Waals surface area (Å²) in [5.41, 5.74) is 0. The Morgan fingerprint density at radius 1 is 1.17 bits per heavy atom. The lowest BCUT2D eigenvalue weighted by atomic mass is 11.3. The van der Waals surface area contributed by atoms with Crippen LogP contribution in [-0.4, -0.2) is 0 Å². The van der Waals surface area contributed by atoms with E-state index in [0.717, 1.165) is 0 Å². The Kier molecular flexibility index (Phi) is 24.5. The van der Waals surface area contributed by atoms with Crippen LogP contribution in [0.3, 0.4) is 0 Å². The maximum atomic E-state index is 4.85. The van der Waals surface area contributed by atoms with Crippen molar-refractivity contribution in [2.45, 2.75) is 0 Å². The summed E-state index contributed by atoms with van der Waals surface area (Å²) in [6.07, 6.45) is 0.